The Labute approximate surface area is 88.8 Å². The minimum Gasteiger partial charge on any atom is -0.391 e. The van der Waals surface area contributed by atoms with Crippen LogP contribution in [0.4, 0.5) is 5.82 Å². The van der Waals surface area contributed by atoms with Crippen molar-refractivity contribution in [2.24, 2.45) is 0 Å². The van der Waals surface area contributed by atoms with Crippen LogP contribution in [0, 0.1) is 11.3 Å². The molecular weight excluding hydrogens is 190 g/mol. The lowest BCUT2D eigenvalue weighted by Gasteiger charge is -2.31. The maximum atomic E-state index is 9.55. The minimum absolute atomic E-state index is 0.299. The standard InChI is InChI=1S/C11H13N3O/c12-7-9-3-1-5-13-11(9)14-6-2-4-10(15)8-14/h1,3,5,10,15H,2,4,6,8H2. The third kappa shape index (κ3) is 2.08. The second-order valence-corrected chi connectivity index (χ2v) is 3.73. The molecule has 0 amide bonds. The Kier molecular flexibility index (Phi) is 2.84. The summed E-state index contributed by atoms with van der Waals surface area (Å²) in [5, 5.41) is 18.5. The lowest BCUT2D eigenvalue weighted by molar-refractivity contribution is 0.154. The predicted molar refractivity (Wildman–Crippen MR) is 56.4 cm³/mol. The fraction of sp³-hybridized carbons (Fsp3) is 0.455. The van der Waals surface area contributed by atoms with Crippen LogP contribution in [-0.2, 0) is 0 Å². The molecule has 4 heteroatoms. The van der Waals surface area contributed by atoms with Crippen LogP contribution in [0.5, 0.6) is 0 Å². The second-order valence-electron chi connectivity index (χ2n) is 3.73. The molecule has 1 aromatic heterocycles. The number of nitrogens with zero attached hydrogens (tertiary/aromatic N) is 3. The monoisotopic (exact) mass is 203 g/mol. The number of aromatic nitrogens is 1. The summed E-state index contributed by atoms with van der Waals surface area (Å²) in [6.45, 7) is 1.44. The number of piperidine rings is 1. The number of pyridine rings is 1. The van der Waals surface area contributed by atoms with Gasteiger partial charge < -0.3 is 10.0 Å². The van der Waals surface area contributed by atoms with Crippen molar-refractivity contribution >= 4 is 5.82 Å². The fourth-order valence-electron chi connectivity index (χ4n) is 1.88. The van der Waals surface area contributed by atoms with E-state index in [0.717, 1.165) is 19.4 Å². The van der Waals surface area contributed by atoms with Crippen molar-refractivity contribution in [2.75, 3.05) is 18.0 Å². The molecule has 4 nitrogen and oxygen atoms in total. The number of hydrogen-bond donors (Lipinski definition) is 1. The molecule has 0 bridgehead atoms. The van der Waals surface area contributed by atoms with E-state index in [0.29, 0.717) is 17.9 Å². The average Bonchev–Trinajstić information content (AvgIpc) is 2.29. The average molecular weight is 203 g/mol. The Morgan fingerprint density at radius 3 is 3.20 bits per heavy atom. The normalized spacial score (nSPS) is 21.1. The molecular formula is C11H13N3O. The highest BCUT2D eigenvalue weighted by Gasteiger charge is 2.20. The van der Waals surface area contributed by atoms with Crippen molar-refractivity contribution in [1.82, 2.24) is 4.98 Å². The quantitative estimate of drug-likeness (QED) is 0.737. The summed E-state index contributed by atoms with van der Waals surface area (Å²) in [4.78, 5) is 6.18. The van der Waals surface area contributed by atoms with Gasteiger partial charge in [0.1, 0.15) is 11.9 Å². The van der Waals surface area contributed by atoms with Gasteiger partial charge in [-0.25, -0.2) is 4.98 Å². The van der Waals surface area contributed by atoms with E-state index in [1.807, 2.05) is 4.90 Å². The predicted octanol–water partition coefficient (Wildman–Crippen LogP) is 0.914. The summed E-state index contributed by atoms with van der Waals surface area (Å²) in [6, 6.07) is 5.63. The van der Waals surface area contributed by atoms with E-state index >= 15 is 0 Å². The van der Waals surface area contributed by atoms with Crippen molar-refractivity contribution < 1.29 is 5.11 Å². The summed E-state index contributed by atoms with van der Waals surface area (Å²) in [6.07, 6.45) is 3.16. The van der Waals surface area contributed by atoms with Crippen LogP contribution in [0.15, 0.2) is 18.3 Å². The Balaban J connectivity index is 2.25. The van der Waals surface area contributed by atoms with E-state index in [4.69, 9.17) is 5.26 Å². The van der Waals surface area contributed by atoms with Gasteiger partial charge in [-0.15, -0.1) is 0 Å². The van der Waals surface area contributed by atoms with E-state index in [1.54, 1.807) is 18.3 Å². The van der Waals surface area contributed by atoms with Gasteiger partial charge >= 0.3 is 0 Å². The molecule has 0 saturated carbocycles. The highest BCUT2D eigenvalue weighted by Crippen LogP contribution is 2.20. The van der Waals surface area contributed by atoms with Gasteiger partial charge in [0, 0.05) is 19.3 Å². The van der Waals surface area contributed by atoms with Crippen LogP contribution in [0.25, 0.3) is 0 Å². The van der Waals surface area contributed by atoms with Crippen LogP contribution in [0.1, 0.15) is 18.4 Å². The molecule has 1 aliphatic heterocycles. The topological polar surface area (TPSA) is 60.2 Å². The minimum atomic E-state index is -0.299. The fourth-order valence-corrected chi connectivity index (χ4v) is 1.88. The molecule has 1 aliphatic rings. The number of hydrogen-bond acceptors (Lipinski definition) is 4. The first-order valence-electron chi connectivity index (χ1n) is 5.09. The van der Waals surface area contributed by atoms with Crippen molar-refractivity contribution in [2.45, 2.75) is 18.9 Å². The van der Waals surface area contributed by atoms with Crippen LogP contribution < -0.4 is 4.90 Å². The molecule has 78 valence electrons. The maximum Gasteiger partial charge on any atom is 0.146 e. The van der Waals surface area contributed by atoms with Gasteiger partial charge in [-0.1, -0.05) is 0 Å². The smallest absolute Gasteiger partial charge is 0.146 e. The summed E-state index contributed by atoms with van der Waals surface area (Å²) >= 11 is 0. The van der Waals surface area contributed by atoms with E-state index in [-0.39, 0.29) is 6.10 Å². The molecule has 0 radical (unpaired) electrons. The third-order valence-electron chi connectivity index (χ3n) is 2.60. The zero-order valence-electron chi connectivity index (χ0n) is 8.43. The molecule has 1 atom stereocenters. The summed E-state index contributed by atoms with van der Waals surface area (Å²) in [5.74, 6) is 0.693. The number of aliphatic hydroxyl groups is 1. The SMILES string of the molecule is N#Cc1cccnc1N1CCCC(O)C1. The Bertz CT molecular complexity index is 386. The van der Waals surface area contributed by atoms with Crippen LogP contribution >= 0.6 is 0 Å². The molecule has 2 rings (SSSR count). The molecule has 1 saturated heterocycles. The number of nitriles is 1. The summed E-state index contributed by atoms with van der Waals surface area (Å²) < 4.78 is 0. The highest BCUT2D eigenvalue weighted by atomic mass is 16.3. The zero-order valence-corrected chi connectivity index (χ0v) is 8.43. The van der Waals surface area contributed by atoms with Crippen molar-refractivity contribution in [3.63, 3.8) is 0 Å². The van der Waals surface area contributed by atoms with Gasteiger partial charge in [0.2, 0.25) is 0 Å². The lowest BCUT2D eigenvalue weighted by Crippen LogP contribution is -2.39. The van der Waals surface area contributed by atoms with Crippen LogP contribution in [0.3, 0.4) is 0 Å². The molecule has 0 aromatic carbocycles. The number of β-amino-alcohol motifs (C(OH)–C–C–N with tert-alkyl or cyclic N) is 1. The highest BCUT2D eigenvalue weighted by molar-refractivity contribution is 5.53. The Morgan fingerprint density at radius 2 is 2.47 bits per heavy atom. The lowest BCUT2D eigenvalue weighted by atomic mass is 10.1. The molecule has 1 N–H and O–H groups in total. The number of rotatable bonds is 1. The largest absolute Gasteiger partial charge is 0.391 e. The molecule has 1 aromatic rings. The van der Waals surface area contributed by atoms with E-state index in [2.05, 4.69) is 11.1 Å². The summed E-state index contributed by atoms with van der Waals surface area (Å²) in [5.41, 5.74) is 0.576. The van der Waals surface area contributed by atoms with Gasteiger partial charge in [0.15, 0.2) is 0 Å². The van der Waals surface area contributed by atoms with Crippen LogP contribution in [-0.4, -0.2) is 29.3 Å². The van der Waals surface area contributed by atoms with Crippen molar-refractivity contribution in [3.05, 3.63) is 23.9 Å². The molecule has 2 heterocycles. The third-order valence-corrected chi connectivity index (χ3v) is 2.60. The number of aliphatic hydroxyl groups excluding tert-OH is 1. The Hall–Kier alpha value is -1.60. The van der Waals surface area contributed by atoms with E-state index < -0.39 is 0 Å². The van der Waals surface area contributed by atoms with Gasteiger partial charge in [-0.3, -0.25) is 0 Å². The molecule has 0 aliphatic carbocycles. The Morgan fingerprint density at radius 1 is 1.60 bits per heavy atom. The second kappa shape index (κ2) is 4.28. The van der Waals surface area contributed by atoms with Crippen molar-refractivity contribution in [1.29, 1.82) is 5.26 Å². The van der Waals surface area contributed by atoms with Gasteiger partial charge in [0.25, 0.3) is 0 Å². The maximum absolute atomic E-state index is 9.55. The zero-order chi connectivity index (χ0) is 10.7. The van der Waals surface area contributed by atoms with Crippen molar-refractivity contribution in [3.8, 4) is 6.07 Å². The first-order valence-corrected chi connectivity index (χ1v) is 5.09. The van der Waals surface area contributed by atoms with E-state index in [1.165, 1.54) is 0 Å². The molecule has 15 heavy (non-hydrogen) atoms. The first kappa shape index (κ1) is 9.94. The summed E-state index contributed by atoms with van der Waals surface area (Å²) in [7, 11) is 0. The van der Waals surface area contributed by atoms with E-state index in [9.17, 15) is 5.11 Å². The molecule has 1 fully saturated rings. The van der Waals surface area contributed by atoms with Gasteiger partial charge in [0.05, 0.1) is 11.7 Å². The van der Waals surface area contributed by atoms with Gasteiger partial charge in [-0.2, -0.15) is 5.26 Å². The van der Waals surface area contributed by atoms with Crippen LogP contribution in [0.2, 0.25) is 0 Å². The molecule has 0 spiro atoms. The number of anilines is 1. The first-order chi connectivity index (χ1) is 7.31. The van der Waals surface area contributed by atoms with Gasteiger partial charge in [-0.05, 0) is 25.0 Å². The molecule has 1 unspecified atom stereocenters.